The quantitative estimate of drug-likeness (QED) is 0.766. The van der Waals surface area contributed by atoms with Crippen molar-refractivity contribution in [2.75, 3.05) is 13.1 Å². The third kappa shape index (κ3) is 2.98. The maximum Gasteiger partial charge on any atom is 0.256 e. The van der Waals surface area contributed by atoms with Crippen LogP contribution in [0, 0.1) is 18.3 Å². The molecule has 0 aliphatic heterocycles. The van der Waals surface area contributed by atoms with Crippen LogP contribution in [-0.4, -0.2) is 28.9 Å². The normalized spacial score (nSPS) is 14.1. The van der Waals surface area contributed by atoms with Crippen molar-refractivity contribution >= 4 is 17.5 Å². The van der Waals surface area contributed by atoms with E-state index in [2.05, 4.69) is 10.9 Å². The SMILES string of the molecule is C#CCN(CC1CC1)C(=O)c1ccncc1Cl. The zero-order chi connectivity index (χ0) is 12.3. The zero-order valence-electron chi connectivity index (χ0n) is 9.40. The molecule has 0 saturated heterocycles. The van der Waals surface area contributed by atoms with Crippen LogP contribution in [-0.2, 0) is 0 Å². The Bertz CT molecular complexity index is 463. The number of carbonyl (C=O) groups excluding carboxylic acids is 1. The minimum atomic E-state index is -0.109. The molecule has 1 fully saturated rings. The first kappa shape index (κ1) is 11.9. The van der Waals surface area contributed by atoms with Crippen LogP contribution >= 0.6 is 11.6 Å². The van der Waals surface area contributed by atoms with Crippen molar-refractivity contribution in [1.82, 2.24) is 9.88 Å². The Labute approximate surface area is 106 Å². The lowest BCUT2D eigenvalue weighted by Crippen LogP contribution is -2.33. The van der Waals surface area contributed by atoms with E-state index in [-0.39, 0.29) is 5.91 Å². The maximum absolute atomic E-state index is 12.2. The summed E-state index contributed by atoms with van der Waals surface area (Å²) in [7, 11) is 0. The molecular formula is C13H13ClN2O. The molecule has 0 spiro atoms. The average molecular weight is 249 g/mol. The third-order valence-corrected chi connectivity index (χ3v) is 3.05. The Morgan fingerprint density at radius 1 is 1.65 bits per heavy atom. The van der Waals surface area contributed by atoms with E-state index in [4.69, 9.17) is 18.0 Å². The number of halogens is 1. The van der Waals surface area contributed by atoms with Crippen molar-refractivity contribution in [1.29, 1.82) is 0 Å². The number of amides is 1. The fraction of sp³-hybridized carbons (Fsp3) is 0.385. The van der Waals surface area contributed by atoms with E-state index in [1.165, 1.54) is 19.0 Å². The highest BCUT2D eigenvalue weighted by Gasteiger charge is 2.27. The number of carbonyl (C=O) groups is 1. The predicted molar refractivity (Wildman–Crippen MR) is 66.7 cm³/mol. The molecule has 0 aromatic carbocycles. The molecule has 1 heterocycles. The van der Waals surface area contributed by atoms with E-state index in [1.807, 2.05) is 0 Å². The van der Waals surface area contributed by atoms with Gasteiger partial charge in [0.15, 0.2) is 0 Å². The smallest absolute Gasteiger partial charge is 0.256 e. The molecule has 0 atom stereocenters. The molecule has 0 N–H and O–H groups in total. The molecular weight excluding hydrogens is 236 g/mol. The fourth-order valence-electron chi connectivity index (χ4n) is 1.66. The number of nitrogens with zero attached hydrogens (tertiary/aromatic N) is 2. The highest BCUT2D eigenvalue weighted by atomic mass is 35.5. The Hall–Kier alpha value is -1.53. The lowest BCUT2D eigenvalue weighted by atomic mass is 10.2. The van der Waals surface area contributed by atoms with Crippen molar-refractivity contribution < 1.29 is 4.79 Å². The summed E-state index contributed by atoms with van der Waals surface area (Å²) in [6.07, 6.45) is 10.7. The maximum atomic E-state index is 12.2. The van der Waals surface area contributed by atoms with Gasteiger partial charge >= 0.3 is 0 Å². The van der Waals surface area contributed by atoms with Gasteiger partial charge in [-0.1, -0.05) is 17.5 Å². The van der Waals surface area contributed by atoms with Gasteiger partial charge in [-0.05, 0) is 24.8 Å². The summed E-state index contributed by atoms with van der Waals surface area (Å²) in [6, 6.07) is 1.63. The van der Waals surface area contributed by atoms with Crippen molar-refractivity contribution in [3.05, 3.63) is 29.0 Å². The van der Waals surface area contributed by atoms with Gasteiger partial charge in [0.2, 0.25) is 0 Å². The zero-order valence-corrected chi connectivity index (χ0v) is 10.2. The highest BCUT2D eigenvalue weighted by Crippen LogP contribution is 2.30. The van der Waals surface area contributed by atoms with E-state index < -0.39 is 0 Å². The van der Waals surface area contributed by atoms with E-state index in [9.17, 15) is 4.79 Å². The van der Waals surface area contributed by atoms with Gasteiger partial charge in [0.1, 0.15) is 0 Å². The first-order valence-electron chi connectivity index (χ1n) is 5.54. The number of terminal acetylenes is 1. The molecule has 1 amide bonds. The minimum Gasteiger partial charge on any atom is -0.327 e. The molecule has 1 aromatic heterocycles. The Balaban J connectivity index is 2.15. The van der Waals surface area contributed by atoms with Crippen LogP contribution in [0.3, 0.4) is 0 Å². The summed E-state index contributed by atoms with van der Waals surface area (Å²) in [5.74, 6) is 3.01. The summed E-state index contributed by atoms with van der Waals surface area (Å²) < 4.78 is 0. The van der Waals surface area contributed by atoms with Crippen LogP contribution < -0.4 is 0 Å². The topological polar surface area (TPSA) is 33.2 Å². The van der Waals surface area contributed by atoms with Gasteiger partial charge in [0, 0.05) is 18.9 Å². The Morgan fingerprint density at radius 2 is 2.41 bits per heavy atom. The lowest BCUT2D eigenvalue weighted by Gasteiger charge is -2.20. The van der Waals surface area contributed by atoms with Crippen LogP contribution in [0.2, 0.25) is 5.02 Å². The van der Waals surface area contributed by atoms with Crippen molar-refractivity contribution in [2.45, 2.75) is 12.8 Å². The molecule has 1 aliphatic rings. The molecule has 88 valence electrons. The molecule has 1 saturated carbocycles. The fourth-order valence-corrected chi connectivity index (χ4v) is 1.86. The van der Waals surface area contributed by atoms with Gasteiger partial charge in [0.05, 0.1) is 17.1 Å². The molecule has 1 aliphatic carbocycles. The average Bonchev–Trinajstić information content (AvgIpc) is 3.12. The van der Waals surface area contributed by atoms with Crippen LogP contribution in [0.15, 0.2) is 18.5 Å². The Kier molecular flexibility index (Phi) is 3.65. The molecule has 3 nitrogen and oxygen atoms in total. The van der Waals surface area contributed by atoms with Crippen LogP contribution in [0.25, 0.3) is 0 Å². The van der Waals surface area contributed by atoms with Gasteiger partial charge < -0.3 is 4.90 Å². The van der Waals surface area contributed by atoms with Gasteiger partial charge in [0.25, 0.3) is 5.91 Å². The lowest BCUT2D eigenvalue weighted by molar-refractivity contribution is 0.0770. The number of pyridine rings is 1. The number of hydrogen-bond acceptors (Lipinski definition) is 2. The van der Waals surface area contributed by atoms with Gasteiger partial charge in [-0.15, -0.1) is 6.42 Å². The minimum absolute atomic E-state index is 0.109. The van der Waals surface area contributed by atoms with Crippen molar-refractivity contribution in [2.24, 2.45) is 5.92 Å². The third-order valence-electron chi connectivity index (χ3n) is 2.75. The summed E-state index contributed by atoms with van der Waals surface area (Å²) in [5.41, 5.74) is 0.470. The molecule has 0 unspecified atom stereocenters. The number of rotatable bonds is 4. The standard InChI is InChI=1S/C13H13ClN2O/c1-2-7-16(9-10-3-4-10)13(17)11-5-6-15-8-12(11)14/h1,5-6,8,10H,3-4,7,9H2. The largest absolute Gasteiger partial charge is 0.327 e. The van der Waals surface area contributed by atoms with Crippen molar-refractivity contribution in [3.63, 3.8) is 0 Å². The molecule has 0 bridgehead atoms. The second kappa shape index (κ2) is 5.20. The van der Waals surface area contributed by atoms with Gasteiger partial charge in [-0.25, -0.2) is 0 Å². The number of hydrogen-bond donors (Lipinski definition) is 0. The molecule has 17 heavy (non-hydrogen) atoms. The van der Waals surface area contributed by atoms with Crippen molar-refractivity contribution in [3.8, 4) is 12.3 Å². The molecule has 1 aromatic rings. The second-order valence-corrected chi connectivity index (χ2v) is 4.60. The van der Waals surface area contributed by atoms with Crippen LogP contribution in [0.4, 0.5) is 0 Å². The summed E-state index contributed by atoms with van der Waals surface area (Å²) >= 11 is 5.95. The monoisotopic (exact) mass is 248 g/mol. The molecule has 0 radical (unpaired) electrons. The highest BCUT2D eigenvalue weighted by molar-refractivity contribution is 6.33. The summed E-state index contributed by atoms with van der Waals surface area (Å²) in [5, 5.41) is 0.371. The van der Waals surface area contributed by atoms with E-state index in [1.54, 1.807) is 17.2 Å². The van der Waals surface area contributed by atoms with E-state index in [0.717, 1.165) is 6.54 Å². The van der Waals surface area contributed by atoms with Gasteiger partial charge in [-0.3, -0.25) is 9.78 Å². The second-order valence-electron chi connectivity index (χ2n) is 4.19. The van der Waals surface area contributed by atoms with E-state index >= 15 is 0 Å². The first-order chi connectivity index (χ1) is 8.22. The molecule has 2 rings (SSSR count). The van der Waals surface area contributed by atoms with Crippen LogP contribution in [0.1, 0.15) is 23.2 Å². The first-order valence-corrected chi connectivity index (χ1v) is 5.92. The van der Waals surface area contributed by atoms with Crippen LogP contribution in [0.5, 0.6) is 0 Å². The Morgan fingerprint density at radius 3 is 3.00 bits per heavy atom. The molecule has 4 heteroatoms. The van der Waals surface area contributed by atoms with E-state index in [0.29, 0.717) is 23.0 Å². The number of aromatic nitrogens is 1. The summed E-state index contributed by atoms with van der Waals surface area (Å²) in [4.78, 5) is 17.8. The predicted octanol–water partition coefficient (Wildman–Crippen LogP) is 2.22. The summed E-state index contributed by atoms with van der Waals surface area (Å²) in [6.45, 7) is 1.05. The van der Waals surface area contributed by atoms with Gasteiger partial charge in [-0.2, -0.15) is 0 Å².